The zero-order chi connectivity index (χ0) is 22.1. The van der Waals surface area contributed by atoms with E-state index in [4.69, 9.17) is 0 Å². The highest BCUT2D eigenvalue weighted by atomic mass is 32.2. The molecule has 0 unspecified atom stereocenters. The largest absolute Gasteiger partial charge is 0.339 e. The average Bonchev–Trinajstić information content (AvgIpc) is 3.10. The van der Waals surface area contributed by atoms with Crippen molar-refractivity contribution in [3.05, 3.63) is 54.6 Å². The van der Waals surface area contributed by atoms with Crippen LogP contribution >= 0.6 is 11.8 Å². The number of carbonyl (C=O) groups is 2. The molecular formula is C24H29N5O2S. The second-order valence-electron chi connectivity index (χ2n) is 8.68. The Bertz CT molecular complexity index is 987. The number of hydrogen-bond acceptors (Lipinski definition) is 5. The number of urea groups is 1. The van der Waals surface area contributed by atoms with E-state index in [1.807, 2.05) is 53.6 Å². The van der Waals surface area contributed by atoms with E-state index in [1.165, 1.54) is 0 Å². The summed E-state index contributed by atoms with van der Waals surface area (Å²) < 4.78 is 0. The normalized spacial score (nSPS) is 20.8. The molecule has 32 heavy (non-hydrogen) atoms. The van der Waals surface area contributed by atoms with Gasteiger partial charge in [0.2, 0.25) is 5.91 Å². The van der Waals surface area contributed by atoms with E-state index >= 15 is 0 Å². The number of nitrogens with one attached hydrogen (secondary N) is 2. The number of nitrogens with zero attached hydrogens (tertiary/aromatic N) is 3. The summed E-state index contributed by atoms with van der Waals surface area (Å²) in [4.78, 5) is 33.1. The van der Waals surface area contributed by atoms with E-state index in [-0.39, 0.29) is 11.9 Å². The molecule has 3 saturated heterocycles. The summed E-state index contributed by atoms with van der Waals surface area (Å²) in [5.74, 6) is 0.142. The van der Waals surface area contributed by atoms with Gasteiger partial charge < -0.3 is 20.4 Å². The maximum atomic E-state index is 12.8. The van der Waals surface area contributed by atoms with Gasteiger partial charge in [0.25, 0.3) is 0 Å². The quantitative estimate of drug-likeness (QED) is 0.700. The smallest absolute Gasteiger partial charge is 0.321 e. The first-order valence-corrected chi connectivity index (χ1v) is 12.4. The SMILES string of the molecule is CSc1ccccc1NC(=O)N1CC(N2CCC3(CC2)C(=O)NCN3c2ccccc2)C1. The van der Waals surface area contributed by atoms with E-state index in [2.05, 4.69) is 32.6 Å². The number of benzene rings is 2. The number of thioether (sulfide) groups is 1. The van der Waals surface area contributed by atoms with Crippen LogP contribution in [-0.2, 0) is 4.79 Å². The van der Waals surface area contributed by atoms with Gasteiger partial charge in [-0.05, 0) is 43.4 Å². The molecule has 0 aromatic heterocycles. The molecule has 3 aliphatic heterocycles. The van der Waals surface area contributed by atoms with Crippen molar-refractivity contribution in [2.24, 2.45) is 0 Å². The maximum absolute atomic E-state index is 12.8. The van der Waals surface area contributed by atoms with Crippen molar-refractivity contribution < 1.29 is 9.59 Å². The Morgan fingerprint density at radius 3 is 2.47 bits per heavy atom. The van der Waals surface area contributed by atoms with Crippen molar-refractivity contribution in [1.82, 2.24) is 15.1 Å². The molecule has 2 aromatic carbocycles. The molecule has 8 heteroatoms. The summed E-state index contributed by atoms with van der Waals surface area (Å²) in [6, 6.07) is 18.4. The molecule has 0 atom stereocenters. The molecule has 0 radical (unpaired) electrons. The van der Waals surface area contributed by atoms with E-state index in [9.17, 15) is 9.59 Å². The molecule has 2 aromatic rings. The molecule has 3 aliphatic rings. The Morgan fingerprint density at radius 2 is 1.75 bits per heavy atom. The molecule has 0 aliphatic carbocycles. The molecule has 7 nitrogen and oxygen atoms in total. The van der Waals surface area contributed by atoms with Crippen molar-refractivity contribution >= 4 is 35.1 Å². The van der Waals surface area contributed by atoms with Gasteiger partial charge in [0, 0.05) is 42.8 Å². The second kappa shape index (κ2) is 8.67. The number of para-hydroxylation sites is 2. The number of carbonyl (C=O) groups excluding carboxylic acids is 2. The minimum Gasteiger partial charge on any atom is -0.339 e. The summed E-state index contributed by atoms with van der Waals surface area (Å²) in [5, 5.41) is 6.11. The summed E-state index contributed by atoms with van der Waals surface area (Å²) in [6.07, 6.45) is 3.62. The predicted octanol–water partition coefficient (Wildman–Crippen LogP) is 3.05. The second-order valence-corrected chi connectivity index (χ2v) is 9.53. The highest BCUT2D eigenvalue weighted by Crippen LogP contribution is 2.37. The fourth-order valence-corrected chi connectivity index (χ4v) is 5.64. The Kier molecular flexibility index (Phi) is 5.73. The Hall–Kier alpha value is -2.71. The predicted molar refractivity (Wildman–Crippen MR) is 128 cm³/mol. The van der Waals surface area contributed by atoms with Gasteiger partial charge in [-0.15, -0.1) is 11.8 Å². The number of rotatable bonds is 4. The minimum atomic E-state index is -0.458. The first kappa shape index (κ1) is 21.2. The highest BCUT2D eigenvalue weighted by Gasteiger charge is 2.51. The molecule has 3 fully saturated rings. The average molecular weight is 452 g/mol. The Balaban J connectivity index is 1.17. The molecule has 0 saturated carbocycles. The molecule has 5 rings (SSSR count). The molecule has 2 N–H and O–H groups in total. The number of piperidine rings is 1. The number of likely N-dealkylation sites (tertiary alicyclic amines) is 2. The lowest BCUT2D eigenvalue weighted by atomic mass is 9.84. The van der Waals surface area contributed by atoms with Crippen LogP contribution in [0.25, 0.3) is 0 Å². The van der Waals surface area contributed by atoms with E-state index in [0.717, 1.165) is 55.3 Å². The summed E-state index contributed by atoms with van der Waals surface area (Å²) in [6.45, 7) is 3.76. The van der Waals surface area contributed by atoms with Gasteiger partial charge in [-0.3, -0.25) is 9.69 Å². The minimum absolute atomic E-state index is 0.0401. The first-order valence-electron chi connectivity index (χ1n) is 11.1. The molecule has 168 valence electrons. The van der Waals surface area contributed by atoms with Gasteiger partial charge in [-0.1, -0.05) is 30.3 Å². The van der Waals surface area contributed by atoms with Crippen molar-refractivity contribution in [1.29, 1.82) is 0 Å². The van der Waals surface area contributed by atoms with Crippen LogP contribution in [0, 0.1) is 0 Å². The summed E-state index contributed by atoms with van der Waals surface area (Å²) >= 11 is 1.63. The van der Waals surface area contributed by atoms with Crippen LogP contribution in [0.2, 0.25) is 0 Å². The lowest BCUT2D eigenvalue weighted by molar-refractivity contribution is -0.125. The van der Waals surface area contributed by atoms with Gasteiger partial charge in [-0.2, -0.15) is 0 Å². The van der Waals surface area contributed by atoms with Crippen LogP contribution in [0.5, 0.6) is 0 Å². The lowest BCUT2D eigenvalue weighted by Gasteiger charge is -2.50. The monoisotopic (exact) mass is 451 g/mol. The van der Waals surface area contributed by atoms with Crippen molar-refractivity contribution in [3.63, 3.8) is 0 Å². The van der Waals surface area contributed by atoms with E-state index in [0.29, 0.717) is 12.7 Å². The van der Waals surface area contributed by atoms with Gasteiger partial charge in [0.05, 0.1) is 12.4 Å². The summed E-state index contributed by atoms with van der Waals surface area (Å²) in [5.41, 5.74) is 1.50. The molecule has 0 bridgehead atoms. The maximum Gasteiger partial charge on any atom is 0.321 e. The Morgan fingerprint density at radius 1 is 1.06 bits per heavy atom. The van der Waals surface area contributed by atoms with Crippen LogP contribution in [0.3, 0.4) is 0 Å². The molecular weight excluding hydrogens is 422 g/mol. The molecule has 3 heterocycles. The van der Waals surface area contributed by atoms with E-state index < -0.39 is 5.54 Å². The fourth-order valence-electron chi connectivity index (χ4n) is 5.09. The van der Waals surface area contributed by atoms with Crippen LogP contribution in [-0.4, -0.2) is 72.4 Å². The zero-order valence-electron chi connectivity index (χ0n) is 18.3. The fraction of sp³-hybridized carbons (Fsp3) is 0.417. The molecule has 1 spiro atoms. The standard InChI is InChI=1S/C24H29N5O2S/c1-32-21-10-6-5-9-20(21)26-23(31)28-15-19(16-28)27-13-11-24(12-14-27)22(30)25-17-29(24)18-7-3-2-4-8-18/h2-10,19H,11-17H2,1H3,(H,25,30)(H,26,31). The van der Waals surface area contributed by atoms with Crippen molar-refractivity contribution in [2.75, 3.05) is 49.3 Å². The third-order valence-corrected chi connectivity index (χ3v) is 7.84. The number of hydrogen-bond donors (Lipinski definition) is 2. The van der Waals surface area contributed by atoms with Crippen LogP contribution < -0.4 is 15.5 Å². The van der Waals surface area contributed by atoms with Gasteiger partial charge in [-0.25, -0.2) is 4.79 Å². The van der Waals surface area contributed by atoms with Crippen LogP contribution in [0.15, 0.2) is 59.5 Å². The van der Waals surface area contributed by atoms with Crippen molar-refractivity contribution in [2.45, 2.75) is 29.3 Å². The topological polar surface area (TPSA) is 67.9 Å². The van der Waals surface area contributed by atoms with Crippen LogP contribution in [0.4, 0.5) is 16.2 Å². The van der Waals surface area contributed by atoms with Gasteiger partial charge in [0.15, 0.2) is 0 Å². The van der Waals surface area contributed by atoms with Crippen molar-refractivity contribution in [3.8, 4) is 0 Å². The summed E-state index contributed by atoms with van der Waals surface area (Å²) in [7, 11) is 0. The number of amides is 3. The van der Waals surface area contributed by atoms with Gasteiger partial charge in [0.1, 0.15) is 5.54 Å². The third kappa shape index (κ3) is 3.71. The highest BCUT2D eigenvalue weighted by molar-refractivity contribution is 7.98. The first-order chi connectivity index (χ1) is 15.6. The van der Waals surface area contributed by atoms with E-state index in [1.54, 1.807) is 11.8 Å². The third-order valence-electron chi connectivity index (χ3n) is 7.04. The van der Waals surface area contributed by atoms with Gasteiger partial charge >= 0.3 is 6.03 Å². The molecule has 3 amide bonds. The zero-order valence-corrected chi connectivity index (χ0v) is 19.1. The Labute approximate surface area is 193 Å². The lowest BCUT2D eigenvalue weighted by Crippen LogP contribution is -2.65. The van der Waals surface area contributed by atoms with Crippen LogP contribution in [0.1, 0.15) is 12.8 Å². The number of anilines is 2.